The number of nitrogens with one attached hydrogen (secondary N) is 2. The molecule has 0 saturated carbocycles. The van der Waals surface area contributed by atoms with E-state index in [4.69, 9.17) is 9.47 Å². The Kier molecular flexibility index (Phi) is 7.19. The molecule has 5 nitrogen and oxygen atoms in total. The van der Waals surface area contributed by atoms with E-state index in [0.29, 0.717) is 5.56 Å². The number of esters is 1. The minimum atomic E-state index is -0.338. The van der Waals surface area contributed by atoms with E-state index in [0.717, 1.165) is 24.1 Å². The topological polar surface area (TPSA) is 59.6 Å². The lowest BCUT2D eigenvalue weighted by Crippen LogP contribution is -2.23. The van der Waals surface area contributed by atoms with Crippen molar-refractivity contribution < 1.29 is 14.3 Å². The van der Waals surface area contributed by atoms with Crippen LogP contribution in [0.3, 0.4) is 0 Å². The van der Waals surface area contributed by atoms with Crippen molar-refractivity contribution in [3.63, 3.8) is 0 Å². The highest BCUT2D eigenvalue weighted by atomic mass is 16.5. The first-order valence-corrected chi connectivity index (χ1v) is 7.21. The summed E-state index contributed by atoms with van der Waals surface area (Å²) < 4.78 is 10.2. The molecule has 0 fully saturated rings. The summed E-state index contributed by atoms with van der Waals surface area (Å²) in [7, 11) is 6.85. The smallest absolute Gasteiger partial charge is 0.339 e. The minimum absolute atomic E-state index is 0.175. The summed E-state index contributed by atoms with van der Waals surface area (Å²) in [5, 5.41) is 6.36. The van der Waals surface area contributed by atoms with Crippen LogP contribution in [-0.4, -0.2) is 40.4 Å². The molecule has 0 saturated heterocycles. The fraction of sp³-hybridized carbons (Fsp3) is 0.562. The molecule has 1 aromatic rings. The molecule has 0 amide bonds. The van der Waals surface area contributed by atoms with Crippen molar-refractivity contribution in [3.05, 3.63) is 29.3 Å². The number of hydrogen-bond donors (Lipinski definition) is 2. The van der Waals surface area contributed by atoms with Crippen LogP contribution in [0.2, 0.25) is 0 Å². The lowest BCUT2D eigenvalue weighted by molar-refractivity contribution is 0.0601. The van der Waals surface area contributed by atoms with Gasteiger partial charge in [-0.1, -0.05) is 13.0 Å². The van der Waals surface area contributed by atoms with E-state index in [9.17, 15) is 4.79 Å². The predicted octanol–water partition coefficient (Wildman–Crippen LogP) is 2.59. The average molecular weight is 294 g/mol. The summed E-state index contributed by atoms with van der Waals surface area (Å²) in [6.07, 6.45) is 2.05. The van der Waals surface area contributed by atoms with Gasteiger partial charge in [0, 0.05) is 25.9 Å². The zero-order chi connectivity index (χ0) is 15.8. The number of ether oxygens (including phenoxy) is 2. The van der Waals surface area contributed by atoms with Crippen molar-refractivity contribution in [2.24, 2.45) is 0 Å². The molecule has 0 heterocycles. The van der Waals surface area contributed by atoms with Crippen molar-refractivity contribution >= 4 is 11.7 Å². The number of methoxy groups -OCH3 is 2. The number of benzene rings is 1. The highest BCUT2D eigenvalue weighted by Gasteiger charge is 2.18. The monoisotopic (exact) mass is 294 g/mol. The fourth-order valence-electron chi connectivity index (χ4n) is 2.39. The van der Waals surface area contributed by atoms with Crippen LogP contribution < -0.4 is 10.6 Å². The first-order valence-electron chi connectivity index (χ1n) is 7.21. The van der Waals surface area contributed by atoms with E-state index in [1.54, 1.807) is 20.2 Å². The SMILES string of the molecule is CCC(CC(NC)c1ccc(C(=O)OC)c(NC)c1)OC. The number of rotatable bonds is 8. The molecule has 5 heteroatoms. The minimum Gasteiger partial charge on any atom is -0.465 e. The summed E-state index contributed by atoms with van der Waals surface area (Å²) in [6.45, 7) is 2.11. The zero-order valence-electron chi connectivity index (χ0n) is 13.5. The maximum absolute atomic E-state index is 11.7. The van der Waals surface area contributed by atoms with Crippen LogP contribution in [0, 0.1) is 0 Å². The quantitative estimate of drug-likeness (QED) is 0.722. The molecule has 0 radical (unpaired) electrons. The Hall–Kier alpha value is -1.59. The van der Waals surface area contributed by atoms with Gasteiger partial charge in [0.25, 0.3) is 0 Å². The van der Waals surface area contributed by atoms with Gasteiger partial charge in [0.15, 0.2) is 0 Å². The lowest BCUT2D eigenvalue weighted by Gasteiger charge is -2.23. The molecule has 2 N–H and O–H groups in total. The number of hydrogen-bond acceptors (Lipinski definition) is 5. The Morgan fingerprint density at radius 1 is 1.29 bits per heavy atom. The molecule has 21 heavy (non-hydrogen) atoms. The van der Waals surface area contributed by atoms with Gasteiger partial charge >= 0.3 is 5.97 Å². The molecule has 0 aliphatic carbocycles. The van der Waals surface area contributed by atoms with E-state index in [2.05, 4.69) is 17.6 Å². The third-order valence-corrected chi connectivity index (χ3v) is 3.76. The largest absolute Gasteiger partial charge is 0.465 e. The summed E-state index contributed by atoms with van der Waals surface area (Å²) in [5.74, 6) is -0.338. The van der Waals surface area contributed by atoms with Crippen molar-refractivity contribution in [3.8, 4) is 0 Å². The summed E-state index contributed by atoms with van der Waals surface area (Å²) in [5.41, 5.74) is 2.42. The molecule has 0 bridgehead atoms. The second-order valence-corrected chi connectivity index (χ2v) is 4.89. The van der Waals surface area contributed by atoms with Crippen molar-refractivity contribution in [2.75, 3.05) is 33.6 Å². The Labute approximate surface area is 127 Å². The highest BCUT2D eigenvalue weighted by Crippen LogP contribution is 2.26. The van der Waals surface area contributed by atoms with Crippen LogP contribution in [0.15, 0.2) is 18.2 Å². The van der Waals surface area contributed by atoms with Crippen molar-refractivity contribution in [2.45, 2.75) is 31.9 Å². The Bertz CT molecular complexity index is 459. The second kappa shape index (κ2) is 8.64. The van der Waals surface area contributed by atoms with Gasteiger partial charge in [-0.2, -0.15) is 0 Å². The number of carbonyl (C=O) groups is 1. The third-order valence-electron chi connectivity index (χ3n) is 3.76. The number of carbonyl (C=O) groups excluding carboxylic acids is 1. The van der Waals surface area contributed by atoms with Gasteiger partial charge in [-0.25, -0.2) is 4.79 Å². The maximum atomic E-state index is 11.7. The Balaban J connectivity index is 3.03. The molecular formula is C16H26N2O3. The molecule has 1 rings (SSSR count). The normalized spacial score (nSPS) is 13.6. The van der Waals surface area contributed by atoms with E-state index >= 15 is 0 Å². The first kappa shape index (κ1) is 17.5. The molecule has 1 aromatic carbocycles. The van der Waals surface area contributed by atoms with Gasteiger partial charge < -0.3 is 20.1 Å². The van der Waals surface area contributed by atoms with E-state index in [1.807, 2.05) is 19.2 Å². The van der Waals surface area contributed by atoms with Gasteiger partial charge in [-0.3, -0.25) is 0 Å². The molecular weight excluding hydrogens is 268 g/mol. The highest BCUT2D eigenvalue weighted by molar-refractivity contribution is 5.95. The van der Waals surface area contributed by atoms with E-state index < -0.39 is 0 Å². The maximum Gasteiger partial charge on any atom is 0.339 e. The van der Waals surface area contributed by atoms with E-state index in [1.165, 1.54) is 7.11 Å². The molecule has 0 aromatic heterocycles. The van der Waals surface area contributed by atoms with Gasteiger partial charge in [-0.15, -0.1) is 0 Å². The summed E-state index contributed by atoms with van der Waals surface area (Å²) in [6, 6.07) is 5.91. The van der Waals surface area contributed by atoms with Crippen LogP contribution >= 0.6 is 0 Å². The van der Waals surface area contributed by atoms with Crippen LogP contribution in [0.4, 0.5) is 5.69 Å². The molecule has 0 spiro atoms. The molecule has 0 aliphatic rings. The van der Waals surface area contributed by atoms with Gasteiger partial charge in [0.05, 0.1) is 18.8 Å². The van der Waals surface area contributed by atoms with Crippen molar-refractivity contribution in [1.82, 2.24) is 5.32 Å². The molecule has 118 valence electrons. The zero-order valence-corrected chi connectivity index (χ0v) is 13.5. The van der Waals surface area contributed by atoms with E-state index in [-0.39, 0.29) is 18.1 Å². The third kappa shape index (κ3) is 4.44. The summed E-state index contributed by atoms with van der Waals surface area (Å²) in [4.78, 5) is 11.7. The van der Waals surface area contributed by atoms with Crippen LogP contribution in [0.5, 0.6) is 0 Å². The average Bonchev–Trinajstić information content (AvgIpc) is 2.54. The fourth-order valence-corrected chi connectivity index (χ4v) is 2.39. The van der Waals surface area contributed by atoms with Gasteiger partial charge in [-0.05, 0) is 37.6 Å². The standard InChI is InChI=1S/C16H26N2O3/c1-6-12(20-4)10-14(17-2)11-7-8-13(16(19)21-5)15(9-11)18-3/h7-9,12,14,17-18H,6,10H2,1-5H3. The molecule has 2 unspecified atom stereocenters. The predicted molar refractivity (Wildman–Crippen MR) is 84.8 cm³/mol. The number of anilines is 1. The molecule has 0 aliphatic heterocycles. The Morgan fingerprint density at radius 3 is 2.48 bits per heavy atom. The molecule has 2 atom stereocenters. The van der Waals surface area contributed by atoms with Crippen LogP contribution in [0.1, 0.15) is 41.7 Å². The van der Waals surface area contributed by atoms with Crippen molar-refractivity contribution in [1.29, 1.82) is 0 Å². The van der Waals surface area contributed by atoms with Crippen LogP contribution in [0.25, 0.3) is 0 Å². The second-order valence-electron chi connectivity index (χ2n) is 4.89. The van der Waals surface area contributed by atoms with Crippen LogP contribution in [-0.2, 0) is 9.47 Å². The first-order chi connectivity index (χ1) is 10.1. The Morgan fingerprint density at radius 2 is 2.00 bits per heavy atom. The van der Waals surface area contributed by atoms with Gasteiger partial charge in [0.2, 0.25) is 0 Å². The summed E-state index contributed by atoms with van der Waals surface area (Å²) >= 11 is 0. The van der Waals surface area contributed by atoms with Gasteiger partial charge in [0.1, 0.15) is 0 Å². The lowest BCUT2D eigenvalue weighted by atomic mass is 9.97.